The molecule has 2 aromatic carbocycles. The summed E-state index contributed by atoms with van der Waals surface area (Å²) in [4.78, 5) is 4.99. The average molecular weight is 432 g/mol. The van der Waals surface area contributed by atoms with Gasteiger partial charge in [0, 0.05) is 19.3 Å². The van der Waals surface area contributed by atoms with E-state index >= 15 is 0 Å². The molecule has 2 rings (SSSR count). The molecule has 0 fully saturated rings. The van der Waals surface area contributed by atoms with Crippen molar-refractivity contribution < 1.29 is 13.2 Å². The number of guanidine groups is 1. The van der Waals surface area contributed by atoms with E-state index in [9.17, 15) is 8.42 Å². The van der Waals surface area contributed by atoms with Crippen molar-refractivity contribution in [2.45, 2.75) is 45.1 Å². The number of nitrogens with zero attached hydrogens (tertiary/aromatic N) is 1. The lowest BCUT2D eigenvalue weighted by molar-refractivity contribution is 0.317. The molecule has 2 aromatic rings. The zero-order valence-corrected chi connectivity index (χ0v) is 19.2. The van der Waals surface area contributed by atoms with Crippen LogP contribution in [-0.2, 0) is 22.8 Å². The van der Waals surface area contributed by atoms with Crippen molar-refractivity contribution in [3.8, 4) is 5.75 Å². The predicted molar refractivity (Wildman–Crippen MR) is 123 cm³/mol. The molecule has 0 saturated carbocycles. The predicted octanol–water partition coefficient (Wildman–Crippen LogP) is 3.49. The fourth-order valence-corrected chi connectivity index (χ4v) is 4.03. The number of aliphatic imine (C=N–C) groups is 1. The van der Waals surface area contributed by atoms with Crippen LogP contribution in [0.3, 0.4) is 0 Å². The molecule has 0 heterocycles. The van der Waals surface area contributed by atoms with Crippen molar-refractivity contribution in [2.75, 3.05) is 26.0 Å². The van der Waals surface area contributed by atoms with Gasteiger partial charge in [-0.1, -0.05) is 31.2 Å². The van der Waals surface area contributed by atoms with Crippen LogP contribution in [0.15, 0.2) is 52.4 Å². The Morgan fingerprint density at radius 2 is 1.87 bits per heavy atom. The number of ether oxygens (including phenoxy) is 1. The standard InChI is InChI=1S/C23H33N3O3S/c1-5-14-29-21-9-7-8-19(16-21)12-13-25-23(24-6-2)26-17-20-10-11-22(18(3)15-20)30(4,27)28/h7-11,15-16H,5-6,12-14,17H2,1-4H3,(H2,24,25,26). The summed E-state index contributed by atoms with van der Waals surface area (Å²) >= 11 is 0. The average Bonchev–Trinajstić information content (AvgIpc) is 2.70. The van der Waals surface area contributed by atoms with Gasteiger partial charge in [0.25, 0.3) is 0 Å². The molecule has 0 spiro atoms. The van der Waals surface area contributed by atoms with Crippen molar-refractivity contribution in [3.05, 3.63) is 59.2 Å². The zero-order valence-electron chi connectivity index (χ0n) is 18.4. The zero-order chi connectivity index (χ0) is 22.0. The number of nitrogens with one attached hydrogen (secondary N) is 2. The number of hydrogen-bond acceptors (Lipinski definition) is 4. The molecule has 0 aromatic heterocycles. The molecule has 164 valence electrons. The van der Waals surface area contributed by atoms with Crippen LogP contribution >= 0.6 is 0 Å². The number of benzene rings is 2. The fourth-order valence-electron chi connectivity index (χ4n) is 3.07. The summed E-state index contributed by atoms with van der Waals surface area (Å²) < 4.78 is 29.2. The highest BCUT2D eigenvalue weighted by atomic mass is 32.2. The maximum atomic E-state index is 11.8. The van der Waals surface area contributed by atoms with Gasteiger partial charge in [-0.15, -0.1) is 0 Å². The van der Waals surface area contributed by atoms with Crippen molar-refractivity contribution >= 4 is 15.8 Å². The summed E-state index contributed by atoms with van der Waals surface area (Å²) in [6.45, 7) is 8.64. The molecule has 0 aliphatic rings. The van der Waals surface area contributed by atoms with Crippen LogP contribution in [0, 0.1) is 6.92 Å². The van der Waals surface area contributed by atoms with E-state index in [1.807, 2.05) is 38.1 Å². The molecular weight excluding hydrogens is 398 g/mol. The summed E-state index contributed by atoms with van der Waals surface area (Å²) in [6, 6.07) is 13.5. The highest BCUT2D eigenvalue weighted by molar-refractivity contribution is 7.90. The molecule has 0 aliphatic carbocycles. The van der Waals surface area contributed by atoms with E-state index in [0.29, 0.717) is 11.4 Å². The van der Waals surface area contributed by atoms with Crippen molar-refractivity contribution in [3.63, 3.8) is 0 Å². The minimum Gasteiger partial charge on any atom is -0.494 e. The second kappa shape index (κ2) is 11.6. The Kier molecular flexibility index (Phi) is 9.17. The maximum absolute atomic E-state index is 11.8. The van der Waals surface area contributed by atoms with Crippen LogP contribution in [0.25, 0.3) is 0 Å². The first-order valence-corrected chi connectivity index (χ1v) is 12.3. The summed E-state index contributed by atoms with van der Waals surface area (Å²) in [7, 11) is -3.21. The second-order valence-corrected chi connectivity index (χ2v) is 9.22. The first kappa shape index (κ1) is 23.7. The fraction of sp³-hybridized carbons (Fsp3) is 0.435. The van der Waals surface area contributed by atoms with Gasteiger partial charge in [-0.3, -0.25) is 0 Å². The van der Waals surface area contributed by atoms with Gasteiger partial charge in [0.1, 0.15) is 5.75 Å². The highest BCUT2D eigenvalue weighted by Crippen LogP contribution is 2.17. The van der Waals surface area contributed by atoms with Gasteiger partial charge in [-0.2, -0.15) is 0 Å². The van der Waals surface area contributed by atoms with Crippen LogP contribution in [0.1, 0.15) is 37.0 Å². The quantitative estimate of drug-likeness (QED) is 0.445. The lowest BCUT2D eigenvalue weighted by Crippen LogP contribution is -2.38. The van der Waals surface area contributed by atoms with Gasteiger partial charge in [0.15, 0.2) is 15.8 Å². The Morgan fingerprint density at radius 3 is 2.53 bits per heavy atom. The van der Waals surface area contributed by atoms with Crippen LogP contribution in [0.5, 0.6) is 5.75 Å². The molecule has 0 saturated heterocycles. The van der Waals surface area contributed by atoms with E-state index in [1.165, 1.54) is 11.8 Å². The Balaban J connectivity index is 1.96. The van der Waals surface area contributed by atoms with Crippen molar-refractivity contribution in [2.24, 2.45) is 4.99 Å². The molecular formula is C23H33N3O3S. The number of rotatable bonds is 10. The topological polar surface area (TPSA) is 79.8 Å². The molecule has 2 N–H and O–H groups in total. The third-order valence-electron chi connectivity index (χ3n) is 4.48. The molecule has 6 nitrogen and oxygen atoms in total. The summed E-state index contributed by atoms with van der Waals surface area (Å²) in [5, 5.41) is 6.60. The van der Waals surface area contributed by atoms with E-state index in [2.05, 4.69) is 34.7 Å². The first-order valence-electron chi connectivity index (χ1n) is 10.4. The monoisotopic (exact) mass is 431 g/mol. The Bertz CT molecular complexity index is 956. The van der Waals surface area contributed by atoms with Gasteiger partial charge in [-0.05, 0) is 61.6 Å². The van der Waals surface area contributed by atoms with E-state index in [1.54, 1.807) is 6.07 Å². The minimum atomic E-state index is -3.21. The van der Waals surface area contributed by atoms with Gasteiger partial charge in [0.05, 0.1) is 18.0 Å². The van der Waals surface area contributed by atoms with Gasteiger partial charge in [0.2, 0.25) is 0 Å². The SMILES string of the molecule is CCCOc1cccc(CCNC(=NCc2ccc(S(C)(=O)=O)c(C)c2)NCC)c1. The number of sulfone groups is 1. The number of hydrogen-bond donors (Lipinski definition) is 2. The maximum Gasteiger partial charge on any atom is 0.191 e. The largest absolute Gasteiger partial charge is 0.494 e. The van der Waals surface area contributed by atoms with Crippen molar-refractivity contribution in [1.29, 1.82) is 0 Å². The molecule has 0 bridgehead atoms. The van der Waals surface area contributed by atoms with E-state index < -0.39 is 9.84 Å². The third kappa shape index (κ3) is 7.71. The molecule has 0 radical (unpaired) electrons. The summed E-state index contributed by atoms with van der Waals surface area (Å²) in [6.07, 6.45) is 3.08. The summed E-state index contributed by atoms with van der Waals surface area (Å²) in [5.41, 5.74) is 2.92. The highest BCUT2D eigenvalue weighted by Gasteiger charge is 2.10. The lowest BCUT2D eigenvalue weighted by Gasteiger charge is -2.12. The van der Waals surface area contributed by atoms with Crippen LogP contribution in [0.2, 0.25) is 0 Å². The van der Waals surface area contributed by atoms with Crippen LogP contribution in [0.4, 0.5) is 0 Å². The molecule has 0 amide bonds. The van der Waals surface area contributed by atoms with E-state index in [-0.39, 0.29) is 0 Å². The minimum absolute atomic E-state index is 0.366. The van der Waals surface area contributed by atoms with Gasteiger partial charge in [-0.25, -0.2) is 13.4 Å². The smallest absolute Gasteiger partial charge is 0.191 e. The Labute approximate surface area is 180 Å². The van der Waals surface area contributed by atoms with Crippen molar-refractivity contribution in [1.82, 2.24) is 10.6 Å². The second-order valence-electron chi connectivity index (χ2n) is 7.24. The third-order valence-corrected chi connectivity index (χ3v) is 5.74. The molecule has 0 unspecified atom stereocenters. The Morgan fingerprint density at radius 1 is 1.07 bits per heavy atom. The van der Waals surface area contributed by atoms with Crippen LogP contribution in [-0.4, -0.2) is 40.3 Å². The van der Waals surface area contributed by atoms with E-state index in [0.717, 1.165) is 55.4 Å². The Hall–Kier alpha value is -2.54. The van der Waals surface area contributed by atoms with Gasteiger partial charge >= 0.3 is 0 Å². The molecule has 7 heteroatoms. The number of aryl methyl sites for hydroxylation is 1. The lowest BCUT2D eigenvalue weighted by atomic mass is 10.1. The molecule has 30 heavy (non-hydrogen) atoms. The normalized spacial score (nSPS) is 11.9. The first-order chi connectivity index (χ1) is 14.3. The molecule has 0 atom stereocenters. The summed E-state index contributed by atoms with van der Waals surface area (Å²) in [5.74, 6) is 1.64. The van der Waals surface area contributed by atoms with Crippen LogP contribution < -0.4 is 15.4 Å². The van der Waals surface area contributed by atoms with E-state index in [4.69, 9.17) is 4.74 Å². The molecule has 0 aliphatic heterocycles. The van der Waals surface area contributed by atoms with Gasteiger partial charge < -0.3 is 15.4 Å².